The molecule has 5 nitrogen and oxygen atoms in total. The summed E-state index contributed by atoms with van der Waals surface area (Å²) in [6.45, 7) is 2.09. The summed E-state index contributed by atoms with van der Waals surface area (Å²) >= 11 is 1.32. The molecule has 0 saturated carbocycles. The van der Waals surface area contributed by atoms with Gasteiger partial charge in [-0.3, -0.25) is 10.1 Å². The highest BCUT2D eigenvalue weighted by molar-refractivity contribution is 7.22. The third-order valence-corrected chi connectivity index (χ3v) is 5.31. The van der Waals surface area contributed by atoms with Crippen molar-refractivity contribution < 1.29 is 14.3 Å². The summed E-state index contributed by atoms with van der Waals surface area (Å²) in [6.07, 6.45) is 0. The van der Waals surface area contributed by atoms with Crippen LogP contribution in [0.15, 0.2) is 72.8 Å². The van der Waals surface area contributed by atoms with E-state index in [0.29, 0.717) is 22.9 Å². The molecule has 6 heteroatoms. The van der Waals surface area contributed by atoms with E-state index in [1.54, 1.807) is 37.3 Å². The summed E-state index contributed by atoms with van der Waals surface area (Å²) in [5.41, 5.74) is 3.89. The largest absolute Gasteiger partial charge is 0.462 e. The maximum absolute atomic E-state index is 12.6. The van der Waals surface area contributed by atoms with Crippen LogP contribution < -0.4 is 5.32 Å². The maximum Gasteiger partial charge on any atom is 0.338 e. The average Bonchev–Trinajstić information content (AvgIpc) is 3.16. The number of nitrogens with one attached hydrogen (secondary N) is 1. The quantitative estimate of drug-likeness (QED) is 0.454. The fourth-order valence-electron chi connectivity index (χ4n) is 2.93. The number of ether oxygens (including phenoxy) is 1. The minimum Gasteiger partial charge on any atom is -0.462 e. The van der Waals surface area contributed by atoms with E-state index in [2.05, 4.69) is 10.3 Å². The average molecular weight is 402 g/mol. The third kappa shape index (κ3) is 4.17. The van der Waals surface area contributed by atoms with Gasteiger partial charge in [-0.15, -0.1) is 0 Å². The van der Waals surface area contributed by atoms with Crippen LogP contribution in [-0.2, 0) is 4.74 Å². The van der Waals surface area contributed by atoms with Gasteiger partial charge < -0.3 is 4.74 Å². The van der Waals surface area contributed by atoms with Crippen molar-refractivity contribution in [3.8, 4) is 11.1 Å². The van der Waals surface area contributed by atoms with Gasteiger partial charge in [0.05, 0.1) is 22.4 Å². The first-order chi connectivity index (χ1) is 14.1. The normalized spacial score (nSPS) is 10.7. The molecule has 1 N–H and O–H groups in total. The molecule has 144 valence electrons. The monoisotopic (exact) mass is 402 g/mol. The van der Waals surface area contributed by atoms with Gasteiger partial charge in [-0.2, -0.15) is 0 Å². The molecule has 0 aliphatic rings. The van der Waals surface area contributed by atoms with E-state index in [4.69, 9.17) is 4.74 Å². The second kappa shape index (κ2) is 8.24. The highest BCUT2D eigenvalue weighted by Crippen LogP contribution is 2.28. The third-order valence-electron chi connectivity index (χ3n) is 4.37. The second-order valence-corrected chi connectivity index (χ2v) is 7.35. The summed E-state index contributed by atoms with van der Waals surface area (Å²) in [4.78, 5) is 28.9. The summed E-state index contributed by atoms with van der Waals surface area (Å²) in [7, 11) is 0. The number of carbonyl (C=O) groups excluding carboxylic acids is 2. The Morgan fingerprint density at radius 2 is 1.62 bits per heavy atom. The molecule has 4 aromatic rings. The van der Waals surface area contributed by atoms with Crippen molar-refractivity contribution in [2.75, 3.05) is 11.9 Å². The smallest absolute Gasteiger partial charge is 0.338 e. The molecule has 0 unspecified atom stereocenters. The van der Waals surface area contributed by atoms with Crippen LogP contribution in [0.25, 0.3) is 21.3 Å². The molecule has 0 saturated heterocycles. The summed E-state index contributed by atoms with van der Waals surface area (Å²) in [6, 6.07) is 22.6. The summed E-state index contributed by atoms with van der Waals surface area (Å²) < 4.78 is 5.83. The number of carbonyl (C=O) groups is 2. The minimum atomic E-state index is -0.369. The van der Waals surface area contributed by atoms with Crippen molar-refractivity contribution in [3.63, 3.8) is 0 Å². The SMILES string of the molecule is CCOC(=O)c1ccc2nc(NC(=O)c3ccc(-c4ccccc4)cc3)sc2c1. The van der Waals surface area contributed by atoms with Crippen LogP contribution >= 0.6 is 11.3 Å². The van der Waals surface area contributed by atoms with E-state index in [-0.39, 0.29) is 11.9 Å². The van der Waals surface area contributed by atoms with E-state index in [0.717, 1.165) is 21.3 Å². The molecule has 0 bridgehead atoms. The Hall–Kier alpha value is -3.51. The first-order valence-corrected chi connectivity index (χ1v) is 10.0. The van der Waals surface area contributed by atoms with Crippen molar-refractivity contribution in [1.82, 2.24) is 4.98 Å². The number of hydrogen-bond acceptors (Lipinski definition) is 5. The molecule has 0 aliphatic heterocycles. The summed E-state index contributed by atoms with van der Waals surface area (Å²) in [5.74, 6) is -0.596. The van der Waals surface area contributed by atoms with Crippen LogP contribution in [0.3, 0.4) is 0 Å². The van der Waals surface area contributed by atoms with Gasteiger partial charge in [-0.1, -0.05) is 53.8 Å². The first-order valence-electron chi connectivity index (χ1n) is 9.18. The number of nitrogens with zero attached hydrogens (tertiary/aromatic N) is 1. The van der Waals surface area contributed by atoms with Crippen LogP contribution in [0.4, 0.5) is 5.13 Å². The van der Waals surface area contributed by atoms with Gasteiger partial charge in [0.2, 0.25) is 0 Å². The van der Waals surface area contributed by atoms with E-state index < -0.39 is 0 Å². The molecule has 1 heterocycles. The molecule has 0 spiro atoms. The van der Waals surface area contributed by atoms with E-state index in [1.807, 2.05) is 42.5 Å². The Bertz CT molecular complexity index is 1170. The highest BCUT2D eigenvalue weighted by atomic mass is 32.1. The molecule has 0 aliphatic carbocycles. The fraction of sp³-hybridized carbons (Fsp3) is 0.0870. The van der Waals surface area contributed by atoms with Crippen molar-refractivity contribution in [1.29, 1.82) is 0 Å². The molecule has 0 radical (unpaired) electrons. The molecule has 0 atom stereocenters. The van der Waals surface area contributed by atoms with Crippen LogP contribution in [0.1, 0.15) is 27.6 Å². The Morgan fingerprint density at radius 3 is 2.34 bits per heavy atom. The van der Waals surface area contributed by atoms with Gasteiger partial charge in [0.1, 0.15) is 0 Å². The molecule has 3 aromatic carbocycles. The predicted octanol–water partition coefficient (Wildman–Crippen LogP) is 5.39. The predicted molar refractivity (Wildman–Crippen MR) is 115 cm³/mol. The second-order valence-electron chi connectivity index (χ2n) is 6.32. The zero-order chi connectivity index (χ0) is 20.2. The van der Waals surface area contributed by atoms with Crippen molar-refractivity contribution in [2.24, 2.45) is 0 Å². The number of esters is 1. The number of amides is 1. The molecule has 0 fully saturated rings. The molecular weight excluding hydrogens is 384 g/mol. The Kier molecular flexibility index (Phi) is 5.35. The molecule has 29 heavy (non-hydrogen) atoms. The number of benzene rings is 3. The van der Waals surface area contributed by atoms with E-state index >= 15 is 0 Å². The Morgan fingerprint density at radius 1 is 0.931 bits per heavy atom. The molecule has 1 amide bonds. The number of fused-ring (bicyclic) bond motifs is 1. The number of anilines is 1. The lowest BCUT2D eigenvalue weighted by Crippen LogP contribution is -2.11. The van der Waals surface area contributed by atoms with E-state index in [1.165, 1.54) is 11.3 Å². The topological polar surface area (TPSA) is 68.3 Å². The Balaban J connectivity index is 1.50. The number of aromatic nitrogens is 1. The van der Waals surface area contributed by atoms with E-state index in [9.17, 15) is 9.59 Å². The molecular formula is C23H18N2O3S. The zero-order valence-corrected chi connectivity index (χ0v) is 16.5. The van der Waals surface area contributed by atoms with Crippen molar-refractivity contribution >= 4 is 38.6 Å². The van der Waals surface area contributed by atoms with Gasteiger partial charge in [-0.05, 0) is 48.4 Å². The lowest BCUT2D eigenvalue weighted by atomic mass is 10.0. The highest BCUT2D eigenvalue weighted by Gasteiger charge is 2.13. The number of hydrogen-bond donors (Lipinski definition) is 1. The number of rotatable bonds is 5. The van der Waals surface area contributed by atoms with Crippen molar-refractivity contribution in [3.05, 3.63) is 83.9 Å². The van der Waals surface area contributed by atoms with Crippen LogP contribution in [-0.4, -0.2) is 23.5 Å². The Labute approximate surface area is 172 Å². The van der Waals surface area contributed by atoms with Crippen LogP contribution in [0.5, 0.6) is 0 Å². The lowest BCUT2D eigenvalue weighted by Gasteiger charge is -2.04. The van der Waals surface area contributed by atoms with Crippen LogP contribution in [0, 0.1) is 0 Å². The number of thiazole rings is 1. The van der Waals surface area contributed by atoms with Gasteiger partial charge in [0, 0.05) is 5.56 Å². The zero-order valence-electron chi connectivity index (χ0n) is 15.7. The molecule has 1 aromatic heterocycles. The first kappa shape index (κ1) is 18.8. The van der Waals surface area contributed by atoms with Gasteiger partial charge in [0.25, 0.3) is 5.91 Å². The van der Waals surface area contributed by atoms with Crippen LogP contribution in [0.2, 0.25) is 0 Å². The lowest BCUT2D eigenvalue weighted by molar-refractivity contribution is 0.0526. The van der Waals surface area contributed by atoms with Crippen molar-refractivity contribution in [2.45, 2.75) is 6.92 Å². The maximum atomic E-state index is 12.6. The van der Waals surface area contributed by atoms with Gasteiger partial charge in [-0.25, -0.2) is 9.78 Å². The van der Waals surface area contributed by atoms with Gasteiger partial charge >= 0.3 is 5.97 Å². The molecule has 4 rings (SSSR count). The fourth-order valence-corrected chi connectivity index (χ4v) is 3.83. The standard InChI is InChI=1S/C23H18N2O3S/c1-2-28-22(27)18-12-13-19-20(14-18)29-23(24-19)25-21(26)17-10-8-16(9-11-17)15-6-4-3-5-7-15/h3-14H,2H2,1H3,(H,24,25,26). The van der Waals surface area contributed by atoms with Gasteiger partial charge in [0.15, 0.2) is 5.13 Å². The summed E-state index contributed by atoms with van der Waals surface area (Å²) in [5, 5.41) is 3.32. The minimum absolute atomic E-state index is 0.228.